The van der Waals surface area contributed by atoms with Gasteiger partial charge in [0.25, 0.3) is 0 Å². The molecule has 88 valence electrons. The largest absolute Gasteiger partial charge is 0.423 e. The summed E-state index contributed by atoms with van der Waals surface area (Å²) >= 11 is 0. The molecule has 0 aliphatic heterocycles. The molecule has 0 radical (unpaired) electrons. The molecule has 1 N–H and O–H groups in total. The second-order valence-corrected chi connectivity index (χ2v) is 3.98. The molecule has 0 atom stereocenters. The lowest BCUT2D eigenvalue weighted by Crippen LogP contribution is -2.08. The van der Waals surface area contributed by atoms with Gasteiger partial charge >= 0.3 is 5.97 Å². The van der Waals surface area contributed by atoms with Gasteiger partial charge in [-0.15, -0.1) is 0 Å². The number of fused-ring (bicyclic) bond motifs is 1. The van der Waals surface area contributed by atoms with E-state index in [-0.39, 0.29) is 5.97 Å². The van der Waals surface area contributed by atoms with Crippen LogP contribution in [0.1, 0.15) is 10.4 Å². The summed E-state index contributed by atoms with van der Waals surface area (Å²) in [5, 5.41) is 1.08. The molecule has 3 heteroatoms. The zero-order valence-electron chi connectivity index (χ0n) is 9.59. The van der Waals surface area contributed by atoms with Crippen LogP contribution in [0.15, 0.2) is 60.8 Å². The Morgan fingerprint density at radius 1 is 1.00 bits per heavy atom. The number of carbonyl (C=O) groups is 1. The van der Waals surface area contributed by atoms with Crippen molar-refractivity contribution in [2.45, 2.75) is 0 Å². The summed E-state index contributed by atoms with van der Waals surface area (Å²) in [6.45, 7) is 0. The number of H-pyrrole nitrogens is 1. The molecule has 0 spiro atoms. The topological polar surface area (TPSA) is 42.1 Å². The zero-order chi connectivity index (χ0) is 12.4. The Morgan fingerprint density at radius 3 is 2.67 bits per heavy atom. The van der Waals surface area contributed by atoms with Crippen molar-refractivity contribution >= 4 is 16.9 Å². The number of nitrogens with one attached hydrogen (secondary N) is 1. The Balaban J connectivity index is 1.87. The first-order valence-electron chi connectivity index (χ1n) is 5.67. The highest BCUT2D eigenvalue weighted by molar-refractivity contribution is 5.95. The van der Waals surface area contributed by atoms with Crippen LogP contribution in [-0.4, -0.2) is 11.0 Å². The van der Waals surface area contributed by atoms with Crippen LogP contribution < -0.4 is 4.74 Å². The summed E-state index contributed by atoms with van der Waals surface area (Å²) in [6.07, 6.45) is 1.84. The first-order chi connectivity index (χ1) is 8.83. The minimum absolute atomic E-state index is 0.349. The van der Waals surface area contributed by atoms with Crippen molar-refractivity contribution in [1.29, 1.82) is 0 Å². The fourth-order valence-corrected chi connectivity index (χ4v) is 1.83. The molecule has 3 aromatic rings. The van der Waals surface area contributed by atoms with Gasteiger partial charge in [-0.3, -0.25) is 0 Å². The van der Waals surface area contributed by atoms with Crippen LogP contribution >= 0.6 is 0 Å². The SMILES string of the molecule is O=C(Oc1ccccc1)c1ccc2cc[nH]c2c1. The monoisotopic (exact) mass is 237 g/mol. The van der Waals surface area contributed by atoms with Gasteiger partial charge in [-0.2, -0.15) is 0 Å². The van der Waals surface area contributed by atoms with Gasteiger partial charge in [0.2, 0.25) is 0 Å². The molecule has 0 amide bonds. The van der Waals surface area contributed by atoms with Gasteiger partial charge in [-0.05, 0) is 35.7 Å². The quantitative estimate of drug-likeness (QED) is 0.548. The highest BCUT2D eigenvalue weighted by Crippen LogP contribution is 2.16. The van der Waals surface area contributed by atoms with E-state index < -0.39 is 0 Å². The zero-order valence-corrected chi connectivity index (χ0v) is 9.59. The van der Waals surface area contributed by atoms with Crippen LogP contribution in [0.3, 0.4) is 0 Å². The van der Waals surface area contributed by atoms with Gasteiger partial charge < -0.3 is 9.72 Å². The maximum absolute atomic E-state index is 11.9. The van der Waals surface area contributed by atoms with Gasteiger partial charge in [-0.1, -0.05) is 24.3 Å². The highest BCUT2D eigenvalue weighted by atomic mass is 16.5. The number of benzene rings is 2. The number of carbonyl (C=O) groups excluding carboxylic acids is 1. The molecule has 2 aromatic carbocycles. The van der Waals surface area contributed by atoms with Crippen molar-refractivity contribution in [1.82, 2.24) is 4.98 Å². The van der Waals surface area contributed by atoms with E-state index in [2.05, 4.69) is 4.98 Å². The summed E-state index contributed by atoms with van der Waals surface area (Å²) in [5.41, 5.74) is 1.46. The smallest absolute Gasteiger partial charge is 0.343 e. The van der Waals surface area contributed by atoms with E-state index in [0.29, 0.717) is 11.3 Å². The van der Waals surface area contributed by atoms with Crippen LogP contribution in [0.5, 0.6) is 5.75 Å². The number of esters is 1. The number of hydrogen-bond donors (Lipinski definition) is 1. The number of aromatic amines is 1. The van der Waals surface area contributed by atoms with Crippen LogP contribution in [0, 0.1) is 0 Å². The van der Waals surface area contributed by atoms with Crippen LogP contribution in [0.4, 0.5) is 0 Å². The van der Waals surface area contributed by atoms with E-state index in [1.807, 2.05) is 36.5 Å². The third-order valence-electron chi connectivity index (χ3n) is 2.74. The molecule has 0 aliphatic rings. The highest BCUT2D eigenvalue weighted by Gasteiger charge is 2.09. The van der Waals surface area contributed by atoms with Crippen LogP contribution in [0.25, 0.3) is 10.9 Å². The average Bonchev–Trinajstić information content (AvgIpc) is 2.87. The molecule has 0 saturated heterocycles. The molecule has 1 heterocycles. The van der Waals surface area contributed by atoms with Crippen molar-refractivity contribution < 1.29 is 9.53 Å². The Hall–Kier alpha value is -2.55. The molecular formula is C15H11NO2. The van der Waals surface area contributed by atoms with Crippen LogP contribution in [0.2, 0.25) is 0 Å². The predicted molar refractivity (Wildman–Crippen MR) is 69.7 cm³/mol. The third kappa shape index (κ3) is 1.98. The fourth-order valence-electron chi connectivity index (χ4n) is 1.83. The van der Waals surface area contributed by atoms with E-state index >= 15 is 0 Å². The Bertz CT molecular complexity index is 686. The summed E-state index contributed by atoms with van der Waals surface area (Å²) in [7, 11) is 0. The van der Waals surface area contributed by atoms with E-state index in [1.54, 1.807) is 24.3 Å². The summed E-state index contributed by atoms with van der Waals surface area (Å²) in [4.78, 5) is 15.0. The number of ether oxygens (including phenoxy) is 1. The first kappa shape index (κ1) is 10.6. The lowest BCUT2D eigenvalue weighted by Gasteiger charge is -2.03. The van der Waals surface area contributed by atoms with Crippen molar-refractivity contribution in [2.75, 3.05) is 0 Å². The molecule has 0 bridgehead atoms. The predicted octanol–water partition coefficient (Wildman–Crippen LogP) is 3.39. The van der Waals surface area contributed by atoms with E-state index in [9.17, 15) is 4.79 Å². The fraction of sp³-hybridized carbons (Fsp3) is 0. The van der Waals surface area contributed by atoms with Crippen molar-refractivity contribution in [3.63, 3.8) is 0 Å². The van der Waals surface area contributed by atoms with Gasteiger partial charge in [-0.25, -0.2) is 4.79 Å². The summed E-state index contributed by atoms with van der Waals surface area (Å²) in [6, 6.07) is 16.5. The number of rotatable bonds is 2. The Kier molecular flexibility index (Phi) is 2.57. The second-order valence-electron chi connectivity index (χ2n) is 3.98. The molecule has 3 rings (SSSR count). The number of hydrogen-bond acceptors (Lipinski definition) is 2. The van der Waals surface area contributed by atoms with Gasteiger partial charge in [0.1, 0.15) is 5.75 Å². The summed E-state index contributed by atoms with van der Waals surface area (Å²) < 4.78 is 5.27. The lowest BCUT2D eigenvalue weighted by molar-refractivity contribution is 0.0735. The molecular weight excluding hydrogens is 226 g/mol. The average molecular weight is 237 g/mol. The third-order valence-corrected chi connectivity index (χ3v) is 2.74. The maximum atomic E-state index is 11.9. The van der Waals surface area contributed by atoms with Crippen LogP contribution in [-0.2, 0) is 0 Å². The summed E-state index contributed by atoms with van der Waals surface area (Å²) in [5.74, 6) is 0.201. The lowest BCUT2D eigenvalue weighted by atomic mass is 10.2. The minimum Gasteiger partial charge on any atom is -0.423 e. The van der Waals surface area contributed by atoms with E-state index in [4.69, 9.17) is 4.74 Å². The van der Waals surface area contributed by atoms with Gasteiger partial charge in [0, 0.05) is 11.7 Å². The van der Waals surface area contributed by atoms with E-state index in [1.165, 1.54) is 0 Å². The molecule has 0 unspecified atom stereocenters. The van der Waals surface area contributed by atoms with Gasteiger partial charge in [0.05, 0.1) is 5.56 Å². The minimum atomic E-state index is -0.349. The van der Waals surface area contributed by atoms with Crippen molar-refractivity contribution in [3.05, 3.63) is 66.4 Å². The molecule has 1 aromatic heterocycles. The Labute approximate surface area is 104 Å². The van der Waals surface area contributed by atoms with E-state index in [0.717, 1.165) is 10.9 Å². The maximum Gasteiger partial charge on any atom is 0.343 e. The number of para-hydroxylation sites is 1. The van der Waals surface area contributed by atoms with Crippen molar-refractivity contribution in [3.8, 4) is 5.75 Å². The molecule has 0 aliphatic carbocycles. The first-order valence-corrected chi connectivity index (χ1v) is 5.67. The molecule has 18 heavy (non-hydrogen) atoms. The molecule has 3 nitrogen and oxygen atoms in total. The normalized spacial score (nSPS) is 10.4. The molecule has 0 fully saturated rings. The molecule has 0 saturated carbocycles. The second kappa shape index (κ2) is 4.37. The van der Waals surface area contributed by atoms with Gasteiger partial charge in [0.15, 0.2) is 0 Å². The number of aromatic nitrogens is 1. The van der Waals surface area contributed by atoms with Crippen molar-refractivity contribution in [2.24, 2.45) is 0 Å². The standard InChI is InChI=1S/C15H11NO2/c17-15(18-13-4-2-1-3-5-13)12-7-6-11-8-9-16-14(11)10-12/h1-10,16H. The Morgan fingerprint density at radius 2 is 1.83 bits per heavy atom.